The average Bonchev–Trinajstić information content (AvgIpc) is 2.30. The standard InChI is InChI=1S/C13H7BrIN/c14-11-4-2-10(3-5-11)12-6-1-9(8-16)7-13(12)15/h1-7H. The Morgan fingerprint density at radius 2 is 1.75 bits per heavy atom. The molecule has 0 saturated heterocycles. The Hall–Kier alpha value is -0.860. The molecule has 2 aromatic carbocycles. The molecule has 2 rings (SSSR count). The molecule has 78 valence electrons. The van der Waals surface area contributed by atoms with Crippen LogP contribution in [0.15, 0.2) is 46.9 Å². The largest absolute Gasteiger partial charge is 0.192 e. The van der Waals surface area contributed by atoms with Crippen molar-refractivity contribution in [1.82, 2.24) is 0 Å². The molecule has 2 aromatic rings. The lowest BCUT2D eigenvalue weighted by molar-refractivity contribution is 1.47. The summed E-state index contributed by atoms with van der Waals surface area (Å²) >= 11 is 5.67. The van der Waals surface area contributed by atoms with Gasteiger partial charge in [0.1, 0.15) is 0 Å². The second kappa shape index (κ2) is 4.98. The third kappa shape index (κ3) is 2.45. The molecule has 0 aliphatic carbocycles. The molecule has 0 N–H and O–H groups in total. The van der Waals surface area contributed by atoms with Crippen molar-refractivity contribution >= 4 is 38.5 Å². The van der Waals surface area contributed by atoms with Crippen molar-refractivity contribution in [3.05, 3.63) is 56.1 Å². The Bertz CT molecular complexity index is 555. The van der Waals surface area contributed by atoms with Crippen LogP contribution in [0.1, 0.15) is 5.56 Å². The molecule has 0 aliphatic rings. The highest BCUT2D eigenvalue weighted by Crippen LogP contribution is 2.27. The summed E-state index contributed by atoms with van der Waals surface area (Å²) in [5.41, 5.74) is 3.02. The van der Waals surface area contributed by atoms with Gasteiger partial charge < -0.3 is 0 Å². The lowest BCUT2D eigenvalue weighted by Crippen LogP contribution is -1.84. The first-order chi connectivity index (χ1) is 7.70. The van der Waals surface area contributed by atoms with Gasteiger partial charge in [-0.25, -0.2) is 0 Å². The molecule has 3 heteroatoms. The molecule has 1 nitrogen and oxygen atoms in total. The predicted octanol–water partition coefficient (Wildman–Crippen LogP) is 4.59. The predicted molar refractivity (Wildman–Crippen MR) is 77.0 cm³/mol. The number of halogens is 2. The first-order valence-corrected chi connectivity index (χ1v) is 6.53. The normalized spacial score (nSPS) is 9.81. The number of rotatable bonds is 1. The van der Waals surface area contributed by atoms with Gasteiger partial charge in [0, 0.05) is 8.04 Å². The highest BCUT2D eigenvalue weighted by Gasteiger charge is 2.03. The molecule has 0 radical (unpaired) electrons. The van der Waals surface area contributed by atoms with Gasteiger partial charge in [-0.3, -0.25) is 0 Å². The van der Waals surface area contributed by atoms with Crippen LogP contribution in [-0.2, 0) is 0 Å². The van der Waals surface area contributed by atoms with Gasteiger partial charge in [0.05, 0.1) is 11.6 Å². The van der Waals surface area contributed by atoms with Crippen LogP contribution in [0.5, 0.6) is 0 Å². The molecule has 0 bridgehead atoms. The summed E-state index contributed by atoms with van der Waals surface area (Å²) < 4.78 is 2.17. The fourth-order valence-electron chi connectivity index (χ4n) is 1.45. The zero-order valence-electron chi connectivity index (χ0n) is 8.24. The summed E-state index contributed by atoms with van der Waals surface area (Å²) in [6.07, 6.45) is 0. The second-order valence-corrected chi connectivity index (χ2v) is 5.39. The Labute approximate surface area is 116 Å². The Morgan fingerprint density at radius 3 is 2.31 bits per heavy atom. The summed E-state index contributed by atoms with van der Waals surface area (Å²) in [6.45, 7) is 0. The van der Waals surface area contributed by atoms with E-state index in [2.05, 4.69) is 56.7 Å². The van der Waals surface area contributed by atoms with Crippen molar-refractivity contribution in [3.63, 3.8) is 0 Å². The zero-order valence-corrected chi connectivity index (χ0v) is 12.0. The molecule has 0 saturated carbocycles. The van der Waals surface area contributed by atoms with Gasteiger partial charge >= 0.3 is 0 Å². The summed E-state index contributed by atoms with van der Waals surface area (Å²) in [6, 6.07) is 16.0. The van der Waals surface area contributed by atoms with Crippen LogP contribution in [-0.4, -0.2) is 0 Å². The van der Waals surface area contributed by atoms with Gasteiger partial charge in [-0.2, -0.15) is 5.26 Å². The fourth-order valence-corrected chi connectivity index (χ4v) is 2.54. The van der Waals surface area contributed by atoms with E-state index in [1.54, 1.807) is 0 Å². The van der Waals surface area contributed by atoms with Crippen LogP contribution in [0, 0.1) is 14.9 Å². The fraction of sp³-hybridized carbons (Fsp3) is 0. The smallest absolute Gasteiger partial charge is 0.0991 e. The van der Waals surface area contributed by atoms with E-state index in [1.807, 2.05) is 30.3 Å². The van der Waals surface area contributed by atoms with E-state index in [0.29, 0.717) is 5.56 Å². The minimum Gasteiger partial charge on any atom is -0.192 e. The van der Waals surface area contributed by atoms with Crippen molar-refractivity contribution in [2.75, 3.05) is 0 Å². The third-order valence-electron chi connectivity index (χ3n) is 2.25. The van der Waals surface area contributed by atoms with E-state index in [9.17, 15) is 0 Å². The second-order valence-electron chi connectivity index (χ2n) is 3.31. The Morgan fingerprint density at radius 1 is 1.06 bits per heavy atom. The van der Waals surface area contributed by atoms with E-state index < -0.39 is 0 Å². The van der Waals surface area contributed by atoms with E-state index in [1.165, 1.54) is 0 Å². The average molecular weight is 384 g/mol. The molecule has 0 heterocycles. The SMILES string of the molecule is N#Cc1ccc(-c2ccc(Br)cc2)c(I)c1. The van der Waals surface area contributed by atoms with Crippen LogP contribution >= 0.6 is 38.5 Å². The molecular weight excluding hydrogens is 377 g/mol. The van der Waals surface area contributed by atoms with E-state index >= 15 is 0 Å². The van der Waals surface area contributed by atoms with Gasteiger partial charge in [-0.05, 0) is 58.0 Å². The first-order valence-electron chi connectivity index (χ1n) is 4.66. The van der Waals surface area contributed by atoms with E-state index in [4.69, 9.17) is 5.26 Å². The van der Waals surface area contributed by atoms with Gasteiger partial charge in [0.25, 0.3) is 0 Å². The van der Waals surface area contributed by atoms with Gasteiger partial charge in [0.2, 0.25) is 0 Å². The molecule has 0 aliphatic heterocycles. The molecule has 16 heavy (non-hydrogen) atoms. The number of nitriles is 1. The highest BCUT2D eigenvalue weighted by atomic mass is 127. The maximum atomic E-state index is 8.80. The number of hydrogen-bond donors (Lipinski definition) is 0. The summed E-state index contributed by atoms with van der Waals surface area (Å²) in [7, 11) is 0. The van der Waals surface area contributed by atoms with Crippen LogP contribution in [0.4, 0.5) is 0 Å². The molecule has 0 spiro atoms. The zero-order chi connectivity index (χ0) is 11.5. The van der Waals surface area contributed by atoms with E-state index in [-0.39, 0.29) is 0 Å². The van der Waals surface area contributed by atoms with Crippen molar-refractivity contribution in [1.29, 1.82) is 5.26 Å². The van der Waals surface area contributed by atoms with Gasteiger partial charge in [0.15, 0.2) is 0 Å². The van der Waals surface area contributed by atoms with Crippen LogP contribution in [0.3, 0.4) is 0 Å². The van der Waals surface area contributed by atoms with Gasteiger partial charge in [-0.1, -0.05) is 34.1 Å². The van der Waals surface area contributed by atoms with Crippen LogP contribution in [0.2, 0.25) is 0 Å². The lowest BCUT2D eigenvalue weighted by atomic mass is 10.0. The highest BCUT2D eigenvalue weighted by molar-refractivity contribution is 14.1. The molecule has 0 fully saturated rings. The molecular formula is C13H7BrIN. The quantitative estimate of drug-likeness (QED) is 0.660. The Kier molecular flexibility index (Phi) is 3.62. The minimum absolute atomic E-state index is 0.699. The minimum atomic E-state index is 0.699. The lowest BCUT2D eigenvalue weighted by Gasteiger charge is -2.05. The summed E-state index contributed by atoms with van der Waals surface area (Å²) in [4.78, 5) is 0. The maximum absolute atomic E-state index is 8.80. The molecule has 0 atom stereocenters. The third-order valence-corrected chi connectivity index (χ3v) is 3.67. The van der Waals surface area contributed by atoms with Crippen molar-refractivity contribution in [2.24, 2.45) is 0 Å². The van der Waals surface area contributed by atoms with Crippen molar-refractivity contribution < 1.29 is 0 Å². The number of hydrogen-bond acceptors (Lipinski definition) is 1. The number of benzene rings is 2. The summed E-state index contributed by atoms with van der Waals surface area (Å²) in [5, 5.41) is 8.80. The van der Waals surface area contributed by atoms with Crippen molar-refractivity contribution in [2.45, 2.75) is 0 Å². The molecule has 0 aromatic heterocycles. The first kappa shape index (κ1) is 11.6. The molecule has 0 unspecified atom stereocenters. The van der Waals surface area contributed by atoms with Crippen LogP contribution in [0.25, 0.3) is 11.1 Å². The van der Waals surface area contributed by atoms with Gasteiger partial charge in [-0.15, -0.1) is 0 Å². The van der Waals surface area contributed by atoms with Crippen LogP contribution < -0.4 is 0 Å². The Balaban J connectivity index is 2.49. The number of nitrogens with zero attached hydrogens (tertiary/aromatic N) is 1. The topological polar surface area (TPSA) is 23.8 Å². The van der Waals surface area contributed by atoms with E-state index in [0.717, 1.165) is 19.2 Å². The molecule has 0 amide bonds. The maximum Gasteiger partial charge on any atom is 0.0991 e. The monoisotopic (exact) mass is 383 g/mol. The summed E-state index contributed by atoms with van der Waals surface area (Å²) in [5.74, 6) is 0. The van der Waals surface area contributed by atoms with Crippen molar-refractivity contribution in [3.8, 4) is 17.2 Å².